The number of nitrogens with two attached hydrogens (primary N) is 1. The number of primary amides is 1. The zero-order valence-corrected chi connectivity index (χ0v) is 17.3. The van der Waals surface area contributed by atoms with Gasteiger partial charge in [-0.1, -0.05) is 19.1 Å². The number of benzene rings is 1. The second-order valence-corrected chi connectivity index (χ2v) is 8.15. The molecular weight excluding hydrogens is 386 g/mol. The molecule has 150 valence electrons. The third-order valence-electron chi connectivity index (χ3n) is 4.85. The van der Waals surface area contributed by atoms with E-state index in [1.165, 1.54) is 17.4 Å². The minimum absolute atomic E-state index is 0.0516. The Bertz CT molecular complexity index is 1000. The van der Waals surface area contributed by atoms with Crippen molar-refractivity contribution >= 4 is 34.2 Å². The van der Waals surface area contributed by atoms with Gasteiger partial charge in [0, 0.05) is 4.88 Å². The highest BCUT2D eigenvalue weighted by Crippen LogP contribution is 2.39. The molecule has 29 heavy (non-hydrogen) atoms. The molecule has 1 aliphatic rings. The summed E-state index contributed by atoms with van der Waals surface area (Å²) in [5.41, 5.74) is 7.55. The SMILES string of the molecule is CCOc1ccc(C=C(C#N)C(=O)Nc2sc3c(c2C(N)=O)CCC(C)C3)cc1. The third-order valence-corrected chi connectivity index (χ3v) is 6.02. The minimum Gasteiger partial charge on any atom is -0.494 e. The summed E-state index contributed by atoms with van der Waals surface area (Å²) in [4.78, 5) is 25.8. The summed E-state index contributed by atoms with van der Waals surface area (Å²) < 4.78 is 5.39. The van der Waals surface area contributed by atoms with Crippen molar-refractivity contribution < 1.29 is 14.3 Å². The summed E-state index contributed by atoms with van der Waals surface area (Å²) in [5.74, 6) is 0.133. The zero-order chi connectivity index (χ0) is 21.0. The molecule has 1 heterocycles. The van der Waals surface area contributed by atoms with Crippen LogP contribution in [0.15, 0.2) is 29.8 Å². The second-order valence-electron chi connectivity index (χ2n) is 7.05. The molecule has 3 N–H and O–H groups in total. The molecule has 0 saturated heterocycles. The van der Waals surface area contributed by atoms with Crippen LogP contribution in [0.2, 0.25) is 0 Å². The third kappa shape index (κ3) is 4.66. The summed E-state index contributed by atoms with van der Waals surface area (Å²) in [7, 11) is 0. The Labute approximate surface area is 174 Å². The van der Waals surface area contributed by atoms with Gasteiger partial charge in [0.05, 0.1) is 12.2 Å². The first-order valence-corrected chi connectivity index (χ1v) is 10.3. The average molecular weight is 410 g/mol. The van der Waals surface area contributed by atoms with E-state index < -0.39 is 11.8 Å². The van der Waals surface area contributed by atoms with Crippen molar-refractivity contribution in [3.05, 3.63) is 51.4 Å². The molecular formula is C22H23N3O3S. The van der Waals surface area contributed by atoms with Crippen molar-refractivity contribution in [1.82, 2.24) is 0 Å². The number of fused-ring (bicyclic) bond motifs is 1. The fourth-order valence-corrected chi connectivity index (χ4v) is 4.82. The molecule has 0 spiro atoms. The van der Waals surface area contributed by atoms with Crippen LogP contribution in [0.4, 0.5) is 5.00 Å². The fraction of sp³-hybridized carbons (Fsp3) is 0.318. The van der Waals surface area contributed by atoms with Crippen LogP contribution in [-0.4, -0.2) is 18.4 Å². The Morgan fingerprint density at radius 3 is 2.72 bits per heavy atom. The standard InChI is InChI=1S/C22H23N3O3S/c1-3-28-16-7-5-14(6-8-16)11-15(12-23)21(27)25-22-19(20(24)26)17-9-4-13(2)10-18(17)29-22/h5-8,11,13H,3-4,9-10H2,1-2H3,(H2,24,26)(H,25,27). The van der Waals surface area contributed by atoms with Crippen molar-refractivity contribution in [2.75, 3.05) is 11.9 Å². The van der Waals surface area contributed by atoms with Gasteiger partial charge in [0.1, 0.15) is 22.4 Å². The molecule has 6 nitrogen and oxygen atoms in total. The highest BCUT2D eigenvalue weighted by molar-refractivity contribution is 7.17. The molecule has 2 aromatic rings. The molecule has 0 radical (unpaired) electrons. The van der Waals surface area contributed by atoms with Crippen LogP contribution in [-0.2, 0) is 17.6 Å². The lowest BCUT2D eigenvalue weighted by Crippen LogP contribution is -2.19. The quantitative estimate of drug-likeness (QED) is 0.557. The van der Waals surface area contributed by atoms with Gasteiger partial charge in [-0.15, -0.1) is 11.3 Å². The summed E-state index contributed by atoms with van der Waals surface area (Å²) in [6.45, 7) is 4.63. The number of carbonyl (C=O) groups is 2. The van der Waals surface area contributed by atoms with Crippen molar-refractivity contribution in [2.24, 2.45) is 11.7 Å². The van der Waals surface area contributed by atoms with Gasteiger partial charge in [-0.3, -0.25) is 9.59 Å². The van der Waals surface area contributed by atoms with E-state index in [9.17, 15) is 14.9 Å². The van der Waals surface area contributed by atoms with E-state index >= 15 is 0 Å². The molecule has 0 fully saturated rings. The number of thiophene rings is 1. The van der Waals surface area contributed by atoms with Crippen LogP contribution in [0.25, 0.3) is 6.08 Å². The normalized spacial score (nSPS) is 15.9. The van der Waals surface area contributed by atoms with Crippen molar-refractivity contribution in [1.29, 1.82) is 5.26 Å². The summed E-state index contributed by atoms with van der Waals surface area (Å²) >= 11 is 1.38. The zero-order valence-electron chi connectivity index (χ0n) is 16.5. The minimum atomic E-state index is -0.560. The molecule has 1 aromatic heterocycles. The number of hydrogen-bond acceptors (Lipinski definition) is 5. The lowest BCUT2D eigenvalue weighted by Gasteiger charge is -2.18. The lowest BCUT2D eigenvalue weighted by atomic mass is 9.88. The number of ether oxygens (including phenoxy) is 1. The molecule has 1 aliphatic carbocycles. The van der Waals surface area contributed by atoms with Crippen LogP contribution < -0.4 is 15.8 Å². The summed E-state index contributed by atoms with van der Waals surface area (Å²) in [5, 5.41) is 12.6. The maximum absolute atomic E-state index is 12.7. The number of nitrogens with one attached hydrogen (secondary N) is 1. The number of carbonyl (C=O) groups excluding carboxylic acids is 2. The monoisotopic (exact) mass is 409 g/mol. The highest BCUT2D eigenvalue weighted by atomic mass is 32.1. The van der Waals surface area contributed by atoms with Gasteiger partial charge in [0.15, 0.2) is 0 Å². The van der Waals surface area contributed by atoms with Crippen LogP contribution in [0.1, 0.15) is 46.6 Å². The van der Waals surface area contributed by atoms with E-state index in [-0.39, 0.29) is 5.57 Å². The Balaban J connectivity index is 1.85. The van der Waals surface area contributed by atoms with Crippen LogP contribution in [0.5, 0.6) is 5.75 Å². The molecule has 0 aliphatic heterocycles. The Morgan fingerprint density at radius 2 is 2.10 bits per heavy atom. The van der Waals surface area contributed by atoms with Crippen molar-refractivity contribution in [2.45, 2.75) is 33.1 Å². The molecule has 1 aromatic carbocycles. The van der Waals surface area contributed by atoms with Gasteiger partial charge in [0.25, 0.3) is 11.8 Å². The van der Waals surface area contributed by atoms with Gasteiger partial charge in [0.2, 0.25) is 0 Å². The second kappa shape index (κ2) is 8.93. The van der Waals surface area contributed by atoms with Gasteiger partial charge in [-0.25, -0.2) is 0 Å². The fourth-order valence-electron chi connectivity index (χ4n) is 3.41. The summed E-state index contributed by atoms with van der Waals surface area (Å²) in [6.07, 6.45) is 4.13. The lowest BCUT2D eigenvalue weighted by molar-refractivity contribution is -0.112. The van der Waals surface area contributed by atoms with Crippen molar-refractivity contribution in [3.63, 3.8) is 0 Å². The van der Waals surface area contributed by atoms with Gasteiger partial charge < -0.3 is 15.8 Å². The maximum Gasteiger partial charge on any atom is 0.266 e. The first-order chi connectivity index (χ1) is 13.9. The molecule has 1 atom stereocenters. The van der Waals surface area contributed by atoms with E-state index in [0.29, 0.717) is 28.7 Å². The number of rotatable bonds is 6. The Kier molecular flexibility index (Phi) is 6.35. The van der Waals surface area contributed by atoms with Gasteiger partial charge in [-0.05, 0) is 61.4 Å². The van der Waals surface area contributed by atoms with Crippen LogP contribution in [0, 0.1) is 17.2 Å². The van der Waals surface area contributed by atoms with Crippen LogP contribution >= 0.6 is 11.3 Å². The largest absolute Gasteiger partial charge is 0.494 e. The molecule has 0 bridgehead atoms. The van der Waals surface area contributed by atoms with E-state index in [0.717, 1.165) is 35.5 Å². The van der Waals surface area contributed by atoms with E-state index in [4.69, 9.17) is 10.5 Å². The topological polar surface area (TPSA) is 105 Å². The van der Waals surface area contributed by atoms with E-state index in [1.54, 1.807) is 24.3 Å². The Morgan fingerprint density at radius 1 is 1.38 bits per heavy atom. The maximum atomic E-state index is 12.7. The molecule has 0 saturated carbocycles. The molecule has 1 unspecified atom stereocenters. The van der Waals surface area contributed by atoms with Crippen LogP contribution in [0.3, 0.4) is 0 Å². The number of nitrogens with zero attached hydrogens (tertiary/aromatic N) is 1. The highest BCUT2D eigenvalue weighted by Gasteiger charge is 2.27. The first kappa shape index (κ1) is 20.6. The molecule has 2 amide bonds. The Hall–Kier alpha value is -3.11. The average Bonchev–Trinajstić information content (AvgIpc) is 3.04. The van der Waals surface area contributed by atoms with Gasteiger partial charge in [-0.2, -0.15) is 5.26 Å². The number of nitriles is 1. The van der Waals surface area contributed by atoms with Gasteiger partial charge >= 0.3 is 0 Å². The molecule has 7 heteroatoms. The number of amides is 2. The van der Waals surface area contributed by atoms with E-state index in [1.807, 2.05) is 13.0 Å². The van der Waals surface area contributed by atoms with E-state index in [2.05, 4.69) is 12.2 Å². The predicted octanol–water partition coefficient (Wildman–Crippen LogP) is 3.92. The predicted molar refractivity (Wildman–Crippen MR) is 114 cm³/mol. The molecule has 3 rings (SSSR count). The number of anilines is 1. The van der Waals surface area contributed by atoms with Crippen molar-refractivity contribution in [3.8, 4) is 11.8 Å². The first-order valence-electron chi connectivity index (χ1n) is 9.53. The number of hydrogen-bond donors (Lipinski definition) is 2. The summed E-state index contributed by atoms with van der Waals surface area (Å²) in [6, 6.07) is 9.04. The smallest absolute Gasteiger partial charge is 0.266 e.